The molecule has 7 heteroatoms. The number of halogens is 1. The Bertz CT molecular complexity index is 580. The summed E-state index contributed by atoms with van der Waals surface area (Å²) in [4.78, 5) is 3.62. The van der Waals surface area contributed by atoms with Gasteiger partial charge < -0.3 is 0 Å². The highest BCUT2D eigenvalue weighted by atomic mass is 35.7. The first-order valence-electron chi connectivity index (χ1n) is 4.44. The van der Waals surface area contributed by atoms with Gasteiger partial charge in [-0.1, -0.05) is 30.3 Å². The molecule has 0 unspecified atom stereocenters. The van der Waals surface area contributed by atoms with Crippen molar-refractivity contribution in [3.8, 4) is 0 Å². The lowest BCUT2D eigenvalue weighted by molar-refractivity contribution is 0.594. The van der Waals surface area contributed by atoms with Gasteiger partial charge in [0.15, 0.2) is 0 Å². The predicted molar refractivity (Wildman–Crippen MR) is 58.6 cm³/mol. The molecule has 0 bridgehead atoms. The summed E-state index contributed by atoms with van der Waals surface area (Å²) in [5.41, 5.74) is 1.01. The molecule has 2 aromatic rings. The van der Waals surface area contributed by atoms with Gasteiger partial charge in [-0.2, -0.15) is 0 Å². The van der Waals surface area contributed by atoms with Crippen LogP contribution in [0.5, 0.6) is 0 Å². The van der Waals surface area contributed by atoms with Crippen molar-refractivity contribution < 1.29 is 8.42 Å². The van der Waals surface area contributed by atoms with Gasteiger partial charge in [-0.25, -0.2) is 18.1 Å². The molecule has 2 rings (SSSR count). The van der Waals surface area contributed by atoms with E-state index in [1.54, 1.807) is 0 Å². The molecule has 0 aliphatic heterocycles. The van der Waals surface area contributed by atoms with Crippen molar-refractivity contribution in [2.24, 2.45) is 0 Å². The molecule has 0 N–H and O–H groups in total. The smallest absolute Gasteiger partial charge is 0.247 e. The minimum Gasteiger partial charge on any atom is -0.247 e. The number of hydrogen-bond donors (Lipinski definition) is 0. The van der Waals surface area contributed by atoms with Crippen LogP contribution in [0.4, 0.5) is 0 Å². The average molecular weight is 258 g/mol. The summed E-state index contributed by atoms with van der Waals surface area (Å²) < 4.78 is 23.3. The monoisotopic (exact) mass is 257 g/mol. The van der Waals surface area contributed by atoms with Crippen molar-refractivity contribution in [2.45, 2.75) is 11.7 Å². The summed E-state index contributed by atoms with van der Waals surface area (Å²) in [5, 5.41) is 3.39. The summed E-state index contributed by atoms with van der Waals surface area (Å²) in [6.45, 7) is 0.459. The summed E-state index contributed by atoms with van der Waals surface area (Å²) in [7, 11) is 1.26. The van der Waals surface area contributed by atoms with Crippen LogP contribution in [-0.2, 0) is 15.6 Å². The van der Waals surface area contributed by atoms with E-state index < -0.39 is 9.05 Å². The van der Waals surface area contributed by atoms with Crippen LogP contribution in [0.2, 0.25) is 0 Å². The molecular formula is C9H8ClN3O2S. The van der Waals surface area contributed by atoms with Crippen molar-refractivity contribution in [1.29, 1.82) is 0 Å². The Hall–Kier alpha value is -1.40. The predicted octanol–water partition coefficient (Wildman–Crippen LogP) is 1.25. The second-order valence-electron chi connectivity index (χ2n) is 3.15. The third-order valence-corrected chi connectivity index (χ3v) is 2.96. The number of nitrogens with zero attached hydrogens (tertiary/aromatic N) is 3. The minimum atomic E-state index is -3.85. The lowest BCUT2D eigenvalue weighted by Crippen LogP contribution is -2.02. The SMILES string of the molecule is O=S(=O)(Cl)c1ncn(Cc2ccccc2)n1. The van der Waals surface area contributed by atoms with Crippen LogP contribution in [0.1, 0.15) is 5.56 Å². The zero-order valence-electron chi connectivity index (χ0n) is 8.12. The van der Waals surface area contributed by atoms with Crippen LogP contribution in [0.15, 0.2) is 41.8 Å². The van der Waals surface area contributed by atoms with Crippen molar-refractivity contribution in [2.75, 3.05) is 0 Å². The van der Waals surface area contributed by atoms with Gasteiger partial charge in [0.2, 0.25) is 0 Å². The molecule has 0 spiro atoms. The van der Waals surface area contributed by atoms with Crippen LogP contribution < -0.4 is 0 Å². The fraction of sp³-hybridized carbons (Fsp3) is 0.111. The Morgan fingerprint density at radius 3 is 2.50 bits per heavy atom. The second-order valence-corrected chi connectivity index (χ2v) is 5.61. The summed E-state index contributed by atoms with van der Waals surface area (Å²) in [6.07, 6.45) is 1.34. The van der Waals surface area contributed by atoms with Crippen molar-refractivity contribution in [1.82, 2.24) is 14.8 Å². The second kappa shape index (κ2) is 4.23. The van der Waals surface area contributed by atoms with Crippen LogP contribution in [0.3, 0.4) is 0 Å². The summed E-state index contributed by atoms with van der Waals surface area (Å²) >= 11 is 0. The molecule has 0 aliphatic carbocycles. The molecule has 0 aliphatic rings. The van der Waals surface area contributed by atoms with Crippen molar-refractivity contribution >= 4 is 19.7 Å². The molecule has 0 radical (unpaired) electrons. The summed E-state index contributed by atoms with van der Waals surface area (Å²) in [5.74, 6) is 0. The molecule has 0 saturated heterocycles. The zero-order chi connectivity index (χ0) is 11.6. The first kappa shape index (κ1) is 11.1. The van der Waals surface area contributed by atoms with Crippen molar-refractivity contribution in [3.05, 3.63) is 42.2 Å². The average Bonchev–Trinajstić information content (AvgIpc) is 2.67. The van der Waals surface area contributed by atoms with E-state index in [0.29, 0.717) is 6.54 Å². The number of rotatable bonds is 3. The number of hydrogen-bond acceptors (Lipinski definition) is 4. The minimum absolute atomic E-state index is 0.370. The summed E-state index contributed by atoms with van der Waals surface area (Å²) in [6, 6.07) is 9.52. The van der Waals surface area contributed by atoms with E-state index >= 15 is 0 Å². The lowest BCUT2D eigenvalue weighted by atomic mass is 10.2. The highest BCUT2D eigenvalue weighted by Crippen LogP contribution is 2.08. The van der Waals surface area contributed by atoms with E-state index in [1.165, 1.54) is 11.0 Å². The molecule has 1 aromatic carbocycles. The first-order chi connectivity index (χ1) is 7.55. The molecule has 1 heterocycles. The normalized spacial score (nSPS) is 11.6. The molecule has 0 amide bonds. The molecule has 84 valence electrons. The molecule has 1 aromatic heterocycles. The van der Waals surface area contributed by atoms with E-state index in [0.717, 1.165) is 5.56 Å². The van der Waals surface area contributed by atoms with Crippen LogP contribution in [0.25, 0.3) is 0 Å². The molecular weight excluding hydrogens is 250 g/mol. The zero-order valence-corrected chi connectivity index (χ0v) is 9.69. The molecule has 0 atom stereocenters. The fourth-order valence-electron chi connectivity index (χ4n) is 1.24. The third kappa shape index (κ3) is 2.59. The van der Waals surface area contributed by atoms with Crippen LogP contribution >= 0.6 is 10.7 Å². The van der Waals surface area contributed by atoms with Gasteiger partial charge in [0, 0.05) is 10.7 Å². The highest BCUT2D eigenvalue weighted by Gasteiger charge is 2.15. The fourth-order valence-corrected chi connectivity index (χ4v) is 1.82. The Labute approximate surface area is 97.1 Å². The van der Waals surface area contributed by atoms with Crippen molar-refractivity contribution in [3.63, 3.8) is 0 Å². The van der Waals surface area contributed by atoms with Gasteiger partial charge in [0.1, 0.15) is 6.33 Å². The van der Waals surface area contributed by atoms with E-state index in [-0.39, 0.29) is 5.16 Å². The molecule has 5 nitrogen and oxygen atoms in total. The van der Waals surface area contributed by atoms with Gasteiger partial charge in [-0.05, 0) is 5.56 Å². The van der Waals surface area contributed by atoms with Gasteiger partial charge in [0.05, 0.1) is 6.54 Å². The quantitative estimate of drug-likeness (QED) is 0.777. The van der Waals surface area contributed by atoms with Gasteiger partial charge in [0.25, 0.3) is 14.2 Å². The van der Waals surface area contributed by atoms with E-state index in [4.69, 9.17) is 10.7 Å². The number of aromatic nitrogens is 3. The van der Waals surface area contributed by atoms with Crippen LogP contribution in [0, 0.1) is 0 Å². The van der Waals surface area contributed by atoms with E-state index in [1.807, 2.05) is 30.3 Å². The molecule has 0 saturated carbocycles. The Kier molecular flexibility index (Phi) is 2.93. The molecule has 16 heavy (non-hydrogen) atoms. The van der Waals surface area contributed by atoms with E-state index in [9.17, 15) is 8.42 Å². The Balaban J connectivity index is 2.22. The Morgan fingerprint density at radius 2 is 1.94 bits per heavy atom. The Morgan fingerprint density at radius 1 is 1.25 bits per heavy atom. The lowest BCUT2D eigenvalue weighted by Gasteiger charge is -1.99. The van der Waals surface area contributed by atoms with Gasteiger partial charge in [-0.15, -0.1) is 5.10 Å². The standard InChI is InChI=1S/C9H8ClN3O2S/c10-16(14,15)9-11-7-13(12-9)6-8-4-2-1-3-5-8/h1-5,7H,6H2. The van der Waals surface area contributed by atoms with Crippen LogP contribution in [-0.4, -0.2) is 23.2 Å². The number of benzene rings is 1. The maximum Gasteiger partial charge on any atom is 0.298 e. The highest BCUT2D eigenvalue weighted by molar-refractivity contribution is 8.13. The van der Waals surface area contributed by atoms with Gasteiger partial charge >= 0.3 is 0 Å². The largest absolute Gasteiger partial charge is 0.298 e. The maximum atomic E-state index is 10.9. The maximum absolute atomic E-state index is 10.9. The van der Waals surface area contributed by atoms with Gasteiger partial charge in [-0.3, -0.25) is 0 Å². The topological polar surface area (TPSA) is 64.8 Å². The molecule has 0 fully saturated rings. The third-order valence-electron chi connectivity index (χ3n) is 1.92. The van der Waals surface area contributed by atoms with E-state index in [2.05, 4.69) is 10.1 Å². The first-order valence-corrected chi connectivity index (χ1v) is 6.75.